The zero-order valence-electron chi connectivity index (χ0n) is 19.7. The first-order valence-electron chi connectivity index (χ1n) is 12.5. The van der Waals surface area contributed by atoms with Crippen molar-refractivity contribution in [2.24, 2.45) is 17.6 Å². The maximum absolute atomic E-state index is 13.3. The van der Waals surface area contributed by atoms with Crippen LogP contribution in [-0.4, -0.2) is 16.4 Å². The largest absolute Gasteiger partial charge is 0.347 e. The summed E-state index contributed by atoms with van der Waals surface area (Å²) in [6.07, 6.45) is 10.6. The van der Waals surface area contributed by atoms with Crippen LogP contribution in [-0.2, 0) is 11.3 Å². The fourth-order valence-electron chi connectivity index (χ4n) is 5.60. The molecule has 1 heterocycles. The number of halogens is 1. The van der Waals surface area contributed by atoms with E-state index < -0.39 is 0 Å². The molecule has 0 radical (unpaired) electrons. The lowest BCUT2D eigenvalue weighted by atomic mass is 9.80. The average molecular weight is 465 g/mol. The van der Waals surface area contributed by atoms with E-state index in [-0.39, 0.29) is 18.3 Å². The number of benzene rings is 2. The maximum atomic E-state index is 13.3. The molecule has 1 unspecified atom stereocenters. The number of carbonyl (C=O) groups excluding carboxylic acids is 1. The number of ketones is 1. The molecule has 5 rings (SSSR count). The summed E-state index contributed by atoms with van der Waals surface area (Å²) >= 11 is 0. The summed E-state index contributed by atoms with van der Waals surface area (Å²) in [6, 6.07) is 17.8. The smallest absolute Gasteiger partial charge is 0.134 e. The molecule has 0 bridgehead atoms. The first kappa shape index (κ1) is 24.0. The number of nitrogens with two attached hydrogens (primary N) is 1. The molecule has 0 aliphatic heterocycles. The van der Waals surface area contributed by atoms with Crippen molar-refractivity contribution in [3.8, 4) is 0 Å². The van der Waals surface area contributed by atoms with Crippen molar-refractivity contribution in [1.82, 2.24) is 4.57 Å². The van der Waals surface area contributed by atoms with E-state index in [0.717, 1.165) is 38.1 Å². The van der Waals surface area contributed by atoms with Gasteiger partial charge in [0, 0.05) is 48.4 Å². The number of hydrogen-bond donors (Lipinski definition) is 1. The van der Waals surface area contributed by atoms with Crippen molar-refractivity contribution in [2.75, 3.05) is 0 Å². The van der Waals surface area contributed by atoms with Crippen molar-refractivity contribution in [3.63, 3.8) is 0 Å². The number of fused-ring (bicyclic) bond motifs is 1. The van der Waals surface area contributed by atoms with Crippen LogP contribution in [0.3, 0.4) is 0 Å². The molecule has 2 fully saturated rings. The zero-order chi connectivity index (χ0) is 22.1. The molecular formula is C29H37ClN2O. The van der Waals surface area contributed by atoms with E-state index in [1.54, 1.807) is 0 Å². The SMILES string of the molecule is Cc1cccc(C(CC(=O)CC2CCC(N)CC2)c2cn(CC3CC3)c3ccccc23)c1.Cl. The van der Waals surface area contributed by atoms with Gasteiger partial charge in [-0.05, 0) is 74.5 Å². The number of aromatic nitrogens is 1. The summed E-state index contributed by atoms with van der Waals surface area (Å²) in [5, 5.41) is 1.30. The van der Waals surface area contributed by atoms with E-state index in [4.69, 9.17) is 5.73 Å². The van der Waals surface area contributed by atoms with Crippen LogP contribution in [0.5, 0.6) is 0 Å². The van der Waals surface area contributed by atoms with Gasteiger partial charge in [-0.1, -0.05) is 48.0 Å². The van der Waals surface area contributed by atoms with Crippen LogP contribution in [0.25, 0.3) is 10.9 Å². The Bertz CT molecular complexity index is 1090. The van der Waals surface area contributed by atoms with Gasteiger partial charge in [-0.15, -0.1) is 12.4 Å². The number of para-hydroxylation sites is 1. The Balaban J connectivity index is 0.00000259. The number of aryl methyl sites for hydroxylation is 1. The highest BCUT2D eigenvalue weighted by molar-refractivity contribution is 5.87. The van der Waals surface area contributed by atoms with Crippen molar-refractivity contribution in [1.29, 1.82) is 0 Å². The molecule has 2 aliphatic rings. The summed E-state index contributed by atoms with van der Waals surface area (Å²) < 4.78 is 2.44. The minimum Gasteiger partial charge on any atom is -0.347 e. The van der Waals surface area contributed by atoms with Gasteiger partial charge in [0.25, 0.3) is 0 Å². The fraction of sp³-hybridized carbons (Fsp3) is 0.483. The van der Waals surface area contributed by atoms with Gasteiger partial charge in [0.05, 0.1) is 0 Å². The second kappa shape index (κ2) is 10.4. The van der Waals surface area contributed by atoms with Crippen molar-refractivity contribution in [2.45, 2.75) is 76.8 Å². The molecule has 3 nitrogen and oxygen atoms in total. The normalized spacial score (nSPS) is 21.5. The lowest BCUT2D eigenvalue weighted by molar-refractivity contribution is -0.120. The number of carbonyl (C=O) groups is 1. The summed E-state index contributed by atoms with van der Waals surface area (Å²) in [6.45, 7) is 3.24. The van der Waals surface area contributed by atoms with Gasteiger partial charge >= 0.3 is 0 Å². The van der Waals surface area contributed by atoms with Crippen molar-refractivity contribution < 1.29 is 4.79 Å². The fourth-order valence-corrected chi connectivity index (χ4v) is 5.60. The van der Waals surface area contributed by atoms with Crippen LogP contribution in [0.4, 0.5) is 0 Å². The predicted molar refractivity (Wildman–Crippen MR) is 139 cm³/mol. The highest BCUT2D eigenvalue weighted by atomic mass is 35.5. The summed E-state index contributed by atoms with van der Waals surface area (Å²) in [7, 11) is 0. The lowest BCUT2D eigenvalue weighted by Gasteiger charge is -2.26. The second-order valence-electron chi connectivity index (χ2n) is 10.4. The third-order valence-corrected chi connectivity index (χ3v) is 7.63. The monoisotopic (exact) mass is 464 g/mol. The number of rotatable bonds is 8. The molecule has 33 heavy (non-hydrogen) atoms. The van der Waals surface area contributed by atoms with E-state index in [9.17, 15) is 4.79 Å². The molecule has 4 heteroatoms. The lowest BCUT2D eigenvalue weighted by Crippen LogP contribution is -2.27. The van der Waals surface area contributed by atoms with Gasteiger partial charge in [0.2, 0.25) is 0 Å². The van der Waals surface area contributed by atoms with E-state index in [1.165, 1.54) is 40.4 Å². The first-order chi connectivity index (χ1) is 15.6. The minimum atomic E-state index is 0. The molecule has 0 amide bonds. The Morgan fingerprint density at radius 3 is 2.45 bits per heavy atom. The Morgan fingerprint density at radius 2 is 1.73 bits per heavy atom. The average Bonchev–Trinajstić information content (AvgIpc) is 3.54. The van der Waals surface area contributed by atoms with Crippen molar-refractivity contribution in [3.05, 3.63) is 71.4 Å². The van der Waals surface area contributed by atoms with E-state index >= 15 is 0 Å². The van der Waals surface area contributed by atoms with Crippen LogP contribution < -0.4 is 5.73 Å². The van der Waals surface area contributed by atoms with Gasteiger partial charge in [0.1, 0.15) is 5.78 Å². The summed E-state index contributed by atoms with van der Waals surface area (Å²) in [4.78, 5) is 13.3. The van der Waals surface area contributed by atoms with Crippen molar-refractivity contribution >= 4 is 29.1 Å². The highest BCUT2D eigenvalue weighted by Gasteiger charge is 2.27. The Kier molecular flexibility index (Phi) is 7.61. The molecular weight excluding hydrogens is 428 g/mol. The van der Waals surface area contributed by atoms with Crippen LogP contribution in [0, 0.1) is 18.8 Å². The Labute approximate surface area is 204 Å². The van der Waals surface area contributed by atoms with Crippen LogP contribution in [0.15, 0.2) is 54.7 Å². The van der Waals surface area contributed by atoms with E-state index in [2.05, 4.69) is 66.2 Å². The molecule has 2 aliphatic carbocycles. The maximum Gasteiger partial charge on any atom is 0.134 e. The third-order valence-electron chi connectivity index (χ3n) is 7.63. The number of Topliss-reactive ketones (excluding diaryl/α,β-unsaturated/α-hetero) is 1. The molecule has 176 valence electrons. The summed E-state index contributed by atoms with van der Waals surface area (Å²) in [5.41, 5.74) is 11.2. The zero-order valence-corrected chi connectivity index (χ0v) is 20.5. The molecule has 1 aromatic heterocycles. The Hall–Kier alpha value is -2.10. The highest BCUT2D eigenvalue weighted by Crippen LogP contribution is 2.38. The molecule has 0 spiro atoms. The van der Waals surface area contributed by atoms with Crippen LogP contribution in [0.1, 0.15) is 74.0 Å². The topological polar surface area (TPSA) is 48.0 Å². The number of nitrogens with zero attached hydrogens (tertiary/aromatic N) is 1. The van der Waals surface area contributed by atoms with Gasteiger partial charge < -0.3 is 10.3 Å². The predicted octanol–water partition coefficient (Wildman–Crippen LogP) is 6.78. The molecule has 1 atom stereocenters. The van der Waals surface area contributed by atoms with Crippen LogP contribution >= 0.6 is 12.4 Å². The molecule has 2 aromatic carbocycles. The van der Waals surface area contributed by atoms with Gasteiger partial charge in [0.15, 0.2) is 0 Å². The molecule has 3 aromatic rings. The third kappa shape index (κ3) is 5.70. The first-order valence-corrected chi connectivity index (χ1v) is 12.5. The number of hydrogen-bond acceptors (Lipinski definition) is 2. The van der Waals surface area contributed by atoms with Gasteiger partial charge in [-0.25, -0.2) is 0 Å². The van der Waals surface area contributed by atoms with Gasteiger partial charge in [-0.3, -0.25) is 4.79 Å². The molecule has 2 N–H and O–H groups in total. The second-order valence-corrected chi connectivity index (χ2v) is 10.4. The molecule has 0 saturated heterocycles. The Morgan fingerprint density at radius 1 is 1.00 bits per heavy atom. The van der Waals surface area contributed by atoms with E-state index in [1.807, 2.05) is 0 Å². The van der Waals surface area contributed by atoms with Gasteiger partial charge in [-0.2, -0.15) is 0 Å². The quantitative estimate of drug-likeness (QED) is 0.399. The van der Waals surface area contributed by atoms with Crippen LogP contribution in [0.2, 0.25) is 0 Å². The van der Waals surface area contributed by atoms with E-state index in [0.29, 0.717) is 30.6 Å². The summed E-state index contributed by atoms with van der Waals surface area (Å²) in [5.74, 6) is 1.83. The minimum absolute atomic E-state index is 0. The molecule has 2 saturated carbocycles. The standard InChI is InChI=1S/C29H36N2O.ClH/c1-20-5-4-6-23(15-20)27(17-25(32)16-21-11-13-24(30)14-12-21)28-19-31(18-22-9-10-22)29-8-3-2-7-26(28)29;/h2-8,15,19,21-22,24,27H,9-14,16-18,30H2,1H3;1H.